The van der Waals surface area contributed by atoms with Crippen molar-refractivity contribution >= 4 is 15.9 Å². The Morgan fingerprint density at radius 2 is 2.11 bits per heavy atom. The Hall–Kier alpha value is -1.40. The van der Waals surface area contributed by atoms with Crippen molar-refractivity contribution in [1.29, 1.82) is 0 Å². The van der Waals surface area contributed by atoms with Crippen LogP contribution in [-0.2, 0) is 10.0 Å². The fourth-order valence-electron chi connectivity index (χ4n) is 2.52. The average molecular weight is 265 g/mol. The number of hydrogen-bond donors (Lipinski definition) is 1. The summed E-state index contributed by atoms with van der Waals surface area (Å²) in [5.74, 6) is 0.556. The fraction of sp³-hybridized carbons (Fsp3) is 0.417. The number of piperidine rings is 1. The maximum Gasteiger partial charge on any atom is 0.285 e. The number of fused-ring (bicyclic) bond motifs is 1. The predicted molar refractivity (Wildman–Crippen MR) is 68.9 cm³/mol. The molecule has 96 valence electrons. The Morgan fingerprint density at radius 3 is 2.89 bits per heavy atom. The molecule has 2 aliphatic heterocycles. The van der Waals surface area contributed by atoms with E-state index in [2.05, 4.69) is 4.40 Å². The summed E-state index contributed by atoms with van der Waals surface area (Å²) in [5.41, 5.74) is 6.63. The lowest BCUT2D eigenvalue weighted by molar-refractivity contribution is 0.310. The van der Waals surface area contributed by atoms with Gasteiger partial charge in [-0.2, -0.15) is 8.42 Å². The summed E-state index contributed by atoms with van der Waals surface area (Å²) >= 11 is 0. The molecule has 0 radical (unpaired) electrons. The predicted octanol–water partition coefficient (Wildman–Crippen LogP) is 0.559. The van der Waals surface area contributed by atoms with Crippen LogP contribution in [0.3, 0.4) is 0 Å². The molecule has 0 aliphatic carbocycles. The van der Waals surface area contributed by atoms with Gasteiger partial charge >= 0.3 is 0 Å². The van der Waals surface area contributed by atoms with E-state index in [0.717, 1.165) is 19.4 Å². The van der Waals surface area contributed by atoms with Crippen LogP contribution in [0.15, 0.2) is 33.6 Å². The van der Waals surface area contributed by atoms with Crippen LogP contribution in [0.2, 0.25) is 0 Å². The molecule has 1 aromatic carbocycles. The number of nitrogens with zero attached hydrogens (tertiary/aromatic N) is 2. The minimum atomic E-state index is -3.52. The average Bonchev–Trinajstić information content (AvgIpc) is 2.63. The van der Waals surface area contributed by atoms with E-state index < -0.39 is 10.0 Å². The standard InChI is InChI=1S/C12H15N3O2S/c13-9-4-3-7-15(8-9)12-10-5-1-2-6-11(10)18(16,17)14-12/h1-2,5-6,9H,3-4,7-8,13H2. The monoisotopic (exact) mass is 265 g/mol. The second-order valence-electron chi connectivity index (χ2n) is 4.73. The highest BCUT2D eigenvalue weighted by Gasteiger charge is 2.32. The van der Waals surface area contributed by atoms with E-state index in [9.17, 15) is 8.42 Å². The van der Waals surface area contributed by atoms with Crippen LogP contribution >= 0.6 is 0 Å². The molecule has 1 atom stereocenters. The molecule has 2 N–H and O–H groups in total. The molecule has 3 rings (SSSR count). The largest absolute Gasteiger partial charge is 0.354 e. The molecule has 2 heterocycles. The Labute approximate surface area is 106 Å². The highest BCUT2D eigenvalue weighted by atomic mass is 32.2. The third-order valence-corrected chi connectivity index (χ3v) is 4.69. The van der Waals surface area contributed by atoms with Crippen LogP contribution < -0.4 is 5.73 Å². The zero-order valence-corrected chi connectivity index (χ0v) is 10.7. The van der Waals surface area contributed by atoms with Crippen LogP contribution in [0.4, 0.5) is 0 Å². The first-order valence-electron chi connectivity index (χ1n) is 6.03. The van der Waals surface area contributed by atoms with Crippen molar-refractivity contribution in [3.63, 3.8) is 0 Å². The topological polar surface area (TPSA) is 75.8 Å². The summed E-state index contributed by atoms with van der Waals surface area (Å²) in [6, 6.07) is 7.05. The molecule has 0 aromatic heterocycles. The molecule has 0 saturated carbocycles. The van der Waals surface area contributed by atoms with E-state index in [0.29, 0.717) is 22.8 Å². The third kappa shape index (κ3) is 1.81. The zero-order valence-electron chi connectivity index (χ0n) is 9.91. The first-order valence-corrected chi connectivity index (χ1v) is 7.47. The van der Waals surface area contributed by atoms with Gasteiger partial charge in [-0.05, 0) is 25.0 Å². The van der Waals surface area contributed by atoms with E-state index in [4.69, 9.17) is 5.73 Å². The number of rotatable bonds is 0. The van der Waals surface area contributed by atoms with Crippen LogP contribution in [0.25, 0.3) is 0 Å². The summed E-state index contributed by atoms with van der Waals surface area (Å²) in [6.45, 7) is 1.49. The lowest BCUT2D eigenvalue weighted by atomic mass is 10.1. The summed E-state index contributed by atoms with van der Waals surface area (Å²) in [4.78, 5) is 2.29. The summed E-state index contributed by atoms with van der Waals surface area (Å²) in [5, 5.41) is 0. The molecule has 6 heteroatoms. The van der Waals surface area contributed by atoms with Gasteiger partial charge in [0.2, 0.25) is 0 Å². The highest BCUT2D eigenvalue weighted by Crippen LogP contribution is 2.28. The minimum absolute atomic E-state index is 0.0944. The van der Waals surface area contributed by atoms with Gasteiger partial charge in [0, 0.05) is 24.7 Å². The number of likely N-dealkylation sites (tertiary alicyclic amines) is 1. The van der Waals surface area contributed by atoms with Gasteiger partial charge in [-0.1, -0.05) is 12.1 Å². The normalized spacial score (nSPS) is 25.7. The molecule has 1 fully saturated rings. The number of sulfonamides is 1. The number of amidine groups is 1. The van der Waals surface area contributed by atoms with Crippen molar-refractivity contribution in [1.82, 2.24) is 4.90 Å². The van der Waals surface area contributed by atoms with E-state index in [1.165, 1.54) is 0 Å². The second-order valence-corrected chi connectivity index (χ2v) is 6.31. The molecule has 1 saturated heterocycles. The number of benzene rings is 1. The van der Waals surface area contributed by atoms with Gasteiger partial charge in [0.1, 0.15) is 4.90 Å². The van der Waals surface area contributed by atoms with Gasteiger partial charge < -0.3 is 10.6 Å². The fourth-order valence-corrected chi connectivity index (χ4v) is 3.75. The van der Waals surface area contributed by atoms with Gasteiger partial charge in [0.25, 0.3) is 10.0 Å². The Bertz CT molecular complexity index is 610. The van der Waals surface area contributed by atoms with Crippen molar-refractivity contribution in [2.45, 2.75) is 23.8 Å². The summed E-state index contributed by atoms with van der Waals surface area (Å²) in [6.07, 6.45) is 1.96. The smallest absolute Gasteiger partial charge is 0.285 e. The first-order chi connectivity index (χ1) is 8.58. The Balaban J connectivity index is 2.04. The zero-order chi connectivity index (χ0) is 12.8. The van der Waals surface area contributed by atoms with Crippen LogP contribution in [0.1, 0.15) is 18.4 Å². The second kappa shape index (κ2) is 4.07. The van der Waals surface area contributed by atoms with Crippen LogP contribution in [-0.4, -0.2) is 38.3 Å². The molecule has 0 spiro atoms. The van der Waals surface area contributed by atoms with Gasteiger partial charge in [-0.15, -0.1) is 4.40 Å². The molecule has 1 aromatic rings. The minimum Gasteiger partial charge on any atom is -0.354 e. The molecule has 0 amide bonds. The molecular weight excluding hydrogens is 250 g/mol. The maximum atomic E-state index is 11.9. The molecule has 5 nitrogen and oxygen atoms in total. The highest BCUT2D eigenvalue weighted by molar-refractivity contribution is 7.90. The number of hydrogen-bond acceptors (Lipinski definition) is 4. The van der Waals surface area contributed by atoms with E-state index >= 15 is 0 Å². The van der Waals surface area contributed by atoms with Gasteiger partial charge in [0.15, 0.2) is 5.84 Å². The molecule has 18 heavy (non-hydrogen) atoms. The van der Waals surface area contributed by atoms with Gasteiger partial charge in [0.05, 0.1) is 0 Å². The third-order valence-electron chi connectivity index (χ3n) is 3.37. The molecule has 2 aliphatic rings. The van der Waals surface area contributed by atoms with E-state index in [-0.39, 0.29) is 6.04 Å². The SMILES string of the molecule is NC1CCCN(C2=NS(=O)(=O)c3ccccc32)C1. The van der Waals surface area contributed by atoms with Crippen LogP contribution in [0.5, 0.6) is 0 Å². The Kier molecular flexibility index (Phi) is 2.64. The first kappa shape index (κ1) is 11.7. The van der Waals surface area contributed by atoms with E-state index in [1.54, 1.807) is 18.2 Å². The van der Waals surface area contributed by atoms with Crippen molar-refractivity contribution in [3.05, 3.63) is 29.8 Å². The van der Waals surface area contributed by atoms with Gasteiger partial charge in [-0.25, -0.2) is 0 Å². The Morgan fingerprint density at radius 1 is 1.33 bits per heavy atom. The van der Waals surface area contributed by atoms with Crippen molar-refractivity contribution in [2.24, 2.45) is 10.1 Å². The molecule has 1 unspecified atom stereocenters. The quantitative estimate of drug-likeness (QED) is 0.743. The molecule has 0 bridgehead atoms. The molecular formula is C12H15N3O2S. The van der Waals surface area contributed by atoms with E-state index in [1.807, 2.05) is 11.0 Å². The maximum absolute atomic E-state index is 11.9. The van der Waals surface area contributed by atoms with Crippen molar-refractivity contribution in [3.8, 4) is 0 Å². The lowest BCUT2D eigenvalue weighted by Gasteiger charge is -2.32. The number of nitrogens with two attached hydrogens (primary N) is 1. The van der Waals surface area contributed by atoms with Crippen molar-refractivity contribution < 1.29 is 8.42 Å². The van der Waals surface area contributed by atoms with Gasteiger partial charge in [-0.3, -0.25) is 0 Å². The summed E-state index contributed by atoms with van der Waals surface area (Å²) in [7, 11) is -3.52. The van der Waals surface area contributed by atoms with Crippen molar-refractivity contribution in [2.75, 3.05) is 13.1 Å². The van der Waals surface area contributed by atoms with Crippen LogP contribution in [0, 0.1) is 0 Å². The summed E-state index contributed by atoms with van der Waals surface area (Å²) < 4.78 is 27.8. The lowest BCUT2D eigenvalue weighted by Crippen LogP contribution is -2.45.